The Bertz CT molecular complexity index is 865. The van der Waals surface area contributed by atoms with E-state index in [-0.39, 0.29) is 19.2 Å². The standard InChI is InChI=1S/C22H34ClF3N4O3S/c1-2-17(18-5-9-29(10-6-18)21-27-14-19(23)15-28-21)4-3-12-33-20-7-11-30(16-20)34(31,32)13-8-22(24,25)26/h14-15,17-18,20H,2-13,16H2,1H3/t17-,20+/m0/s1. The van der Waals surface area contributed by atoms with Crippen LogP contribution < -0.4 is 4.90 Å². The molecule has 1 aromatic heterocycles. The van der Waals surface area contributed by atoms with Crippen LogP contribution in [-0.4, -0.2) is 73.5 Å². The second-order valence-electron chi connectivity index (χ2n) is 9.16. The third-order valence-corrected chi connectivity index (χ3v) is 8.87. The Kier molecular flexibility index (Phi) is 9.83. The molecule has 0 aromatic carbocycles. The first-order valence-electron chi connectivity index (χ1n) is 12.0. The van der Waals surface area contributed by atoms with Gasteiger partial charge in [0.25, 0.3) is 0 Å². The van der Waals surface area contributed by atoms with Crippen LogP contribution in [0.25, 0.3) is 0 Å². The molecule has 0 amide bonds. The first-order chi connectivity index (χ1) is 16.1. The lowest BCUT2D eigenvalue weighted by atomic mass is 9.80. The third kappa shape index (κ3) is 8.20. The van der Waals surface area contributed by atoms with E-state index in [0.29, 0.717) is 29.9 Å². The van der Waals surface area contributed by atoms with Crippen molar-refractivity contribution in [1.29, 1.82) is 0 Å². The highest BCUT2D eigenvalue weighted by molar-refractivity contribution is 7.89. The van der Waals surface area contributed by atoms with Gasteiger partial charge in [0.15, 0.2) is 0 Å². The maximum Gasteiger partial charge on any atom is 0.390 e. The van der Waals surface area contributed by atoms with Crippen LogP contribution in [0, 0.1) is 11.8 Å². The molecule has 0 bridgehead atoms. The fraction of sp³-hybridized carbons (Fsp3) is 0.818. The van der Waals surface area contributed by atoms with Crippen molar-refractivity contribution >= 4 is 27.6 Å². The van der Waals surface area contributed by atoms with Crippen LogP contribution >= 0.6 is 11.6 Å². The van der Waals surface area contributed by atoms with Gasteiger partial charge in [-0.1, -0.05) is 24.9 Å². The summed E-state index contributed by atoms with van der Waals surface area (Å²) in [7, 11) is -3.90. The van der Waals surface area contributed by atoms with Crippen molar-refractivity contribution in [3.63, 3.8) is 0 Å². The van der Waals surface area contributed by atoms with Gasteiger partial charge in [-0.25, -0.2) is 18.4 Å². The van der Waals surface area contributed by atoms with E-state index in [1.807, 2.05) is 0 Å². The molecule has 12 heteroatoms. The van der Waals surface area contributed by atoms with Gasteiger partial charge in [-0.2, -0.15) is 17.5 Å². The van der Waals surface area contributed by atoms with Gasteiger partial charge in [0.2, 0.25) is 16.0 Å². The highest BCUT2D eigenvalue weighted by Crippen LogP contribution is 2.32. The number of ether oxygens (including phenoxy) is 1. The predicted molar refractivity (Wildman–Crippen MR) is 125 cm³/mol. The summed E-state index contributed by atoms with van der Waals surface area (Å²) in [6, 6.07) is 0. The second kappa shape index (κ2) is 12.2. The first-order valence-corrected chi connectivity index (χ1v) is 13.9. The lowest BCUT2D eigenvalue weighted by molar-refractivity contribution is -0.130. The molecule has 2 saturated heterocycles. The molecule has 34 heavy (non-hydrogen) atoms. The van der Waals surface area contributed by atoms with Gasteiger partial charge in [0.1, 0.15) is 0 Å². The summed E-state index contributed by atoms with van der Waals surface area (Å²) >= 11 is 5.87. The third-order valence-electron chi connectivity index (χ3n) is 6.84. The van der Waals surface area contributed by atoms with Crippen LogP contribution in [0.1, 0.15) is 51.9 Å². The molecular formula is C22H34ClF3N4O3S. The van der Waals surface area contributed by atoms with E-state index in [4.69, 9.17) is 16.3 Å². The number of anilines is 1. The van der Waals surface area contributed by atoms with Gasteiger partial charge in [0, 0.05) is 32.8 Å². The molecule has 0 unspecified atom stereocenters. The molecule has 0 aliphatic carbocycles. The molecule has 2 atom stereocenters. The van der Waals surface area contributed by atoms with E-state index in [9.17, 15) is 21.6 Å². The Balaban J connectivity index is 1.34. The summed E-state index contributed by atoms with van der Waals surface area (Å²) in [5.41, 5.74) is 0. The number of alkyl halides is 3. The van der Waals surface area contributed by atoms with Crippen molar-refractivity contribution in [2.75, 3.05) is 43.4 Å². The maximum absolute atomic E-state index is 12.4. The molecule has 0 saturated carbocycles. The fourth-order valence-corrected chi connectivity index (χ4v) is 6.49. The van der Waals surface area contributed by atoms with Crippen LogP contribution in [0.5, 0.6) is 0 Å². The molecule has 2 fully saturated rings. The van der Waals surface area contributed by atoms with Gasteiger partial charge in [0.05, 0.1) is 35.7 Å². The molecule has 0 spiro atoms. The summed E-state index contributed by atoms with van der Waals surface area (Å²) in [5.74, 6) is 1.05. The molecule has 0 N–H and O–H groups in total. The SMILES string of the molecule is CC[C@@H](CCCO[C@@H]1CCN(S(=O)(=O)CCC(F)(F)F)C1)C1CCN(c2ncc(Cl)cn2)CC1. The van der Waals surface area contributed by atoms with Gasteiger partial charge < -0.3 is 9.64 Å². The minimum absolute atomic E-state index is 0.141. The zero-order valence-electron chi connectivity index (χ0n) is 19.5. The molecule has 2 aliphatic rings. The second-order valence-corrected chi connectivity index (χ2v) is 11.7. The molecular weight excluding hydrogens is 493 g/mol. The zero-order chi connectivity index (χ0) is 24.8. The van der Waals surface area contributed by atoms with E-state index >= 15 is 0 Å². The van der Waals surface area contributed by atoms with Crippen molar-refractivity contribution in [2.45, 2.75) is 64.1 Å². The predicted octanol–water partition coefficient (Wildman–Crippen LogP) is 4.53. The monoisotopic (exact) mass is 526 g/mol. The summed E-state index contributed by atoms with van der Waals surface area (Å²) in [5, 5.41) is 0.528. The normalized spacial score (nSPS) is 21.8. The average Bonchev–Trinajstić information content (AvgIpc) is 3.28. The smallest absolute Gasteiger partial charge is 0.377 e. The number of sulfonamides is 1. The Labute approximate surface area is 205 Å². The maximum atomic E-state index is 12.4. The van der Waals surface area contributed by atoms with E-state index in [2.05, 4.69) is 21.8 Å². The molecule has 7 nitrogen and oxygen atoms in total. The number of halogens is 4. The average molecular weight is 527 g/mol. The molecule has 0 radical (unpaired) electrons. The van der Waals surface area contributed by atoms with Crippen molar-refractivity contribution in [3.8, 4) is 0 Å². The van der Waals surface area contributed by atoms with Crippen molar-refractivity contribution < 1.29 is 26.3 Å². The van der Waals surface area contributed by atoms with Gasteiger partial charge >= 0.3 is 6.18 Å². The van der Waals surface area contributed by atoms with E-state index < -0.39 is 28.4 Å². The molecule has 3 rings (SSSR count). The molecule has 3 heterocycles. The minimum Gasteiger partial charge on any atom is -0.377 e. The summed E-state index contributed by atoms with van der Waals surface area (Å²) in [4.78, 5) is 10.8. The van der Waals surface area contributed by atoms with Crippen LogP contribution in [0.2, 0.25) is 5.02 Å². The number of hydrogen-bond donors (Lipinski definition) is 0. The van der Waals surface area contributed by atoms with Gasteiger partial charge in [-0.15, -0.1) is 0 Å². The summed E-state index contributed by atoms with van der Waals surface area (Å²) < 4.78 is 68.4. The largest absolute Gasteiger partial charge is 0.390 e. The fourth-order valence-electron chi connectivity index (χ4n) is 4.87. The molecule has 194 valence electrons. The quantitative estimate of drug-likeness (QED) is 0.394. The van der Waals surface area contributed by atoms with Crippen molar-refractivity contribution in [2.24, 2.45) is 11.8 Å². The van der Waals surface area contributed by atoms with Crippen LogP contribution in [0.4, 0.5) is 19.1 Å². The number of hydrogen-bond acceptors (Lipinski definition) is 6. The molecule has 1 aromatic rings. The topological polar surface area (TPSA) is 75.6 Å². The Morgan fingerprint density at radius 3 is 2.47 bits per heavy atom. The van der Waals surface area contributed by atoms with Crippen molar-refractivity contribution in [3.05, 3.63) is 17.4 Å². The Hall–Kier alpha value is -1.17. The zero-order valence-corrected chi connectivity index (χ0v) is 21.1. The summed E-state index contributed by atoms with van der Waals surface area (Å²) in [6.45, 7) is 4.94. The number of piperidine rings is 1. The Morgan fingerprint density at radius 1 is 1.18 bits per heavy atom. The van der Waals surface area contributed by atoms with Crippen LogP contribution in [0.15, 0.2) is 12.4 Å². The Morgan fingerprint density at radius 2 is 1.85 bits per heavy atom. The van der Waals surface area contributed by atoms with Gasteiger partial charge in [-0.3, -0.25) is 0 Å². The number of aromatic nitrogens is 2. The summed E-state index contributed by atoms with van der Waals surface area (Å²) in [6.07, 6.45) is 2.90. The molecule has 2 aliphatic heterocycles. The number of nitrogens with zero attached hydrogens (tertiary/aromatic N) is 4. The van der Waals surface area contributed by atoms with Crippen molar-refractivity contribution in [1.82, 2.24) is 14.3 Å². The highest BCUT2D eigenvalue weighted by Gasteiger charge is 2.36. The minimum atomic E-state index is -4.47. The van der Waals surface area contributed by atoms with Crippen LogP contribution in [-0.2, 0) is 14.8 Å². The number of rotatable bonds is 11. The highest BCUT2D eigenvalue weighted by atomic mass is 35.5. The van der Waals surface area contributed by atoms with E-state index in [1.54, 1.807) is 12.4 Å². The van der Waals surface area contributed by atoms with E-state index in [0.717, 1.165) is 55.4 Å². The lowest BCUT2D eigenvalue weighted by Crippen LogP contribution is -2.37. The van der Waals surface area contributed by atoms with Crippen LogP contribution in [0.3, 0.4) is 0 Å². The van der Waals surface area contributed by atoms with E-state index in [1.165, 1.54) is 0 Å². The lowest BCUT2D eigenvalue weighted by Gasteiger charge is -2.36. The first kappa shape index (κ1) is 27.4. The van der Waals surface area contributed by atoms with Gasteiger partial charge in [-0.05, 0) is 43.9 Å².